The molecule has 1 saturated heterocycles. The summed E-state index contributed by atoms with van der Waals surface area (Å²) < 4.78 is 0. The van der Waals surface area contributed by atoms with Gasteiger partial charge in [0.1, 0.15) is 5.69 Å². The van der Waals surface area contributed by atoms with E-state index in [0.29, 0.717) is 19.0 Å². The Morgan fingerprint density at radius 1 is 1.40 bits per heavy atom. The van der Waals surface area contributed by atoms with Gasteiger partial charge in [0, 0.05) is 25.3 Å². The quantitative estimate of drug-likeness (QED) is 0.884. The minimum absolute atomic E-state index is 0.0200. The summed E-state index contributed by atoms with van der Waals surface area (Å²) in [4.78, 5) is 31.4. The predicted octanol–water partition coefficient (Wildman–Crippen LogP) is 0.802. The number of amides is 1. The summed E-state index contributed by atoms with van der Waals surface area (Å²) in [5.41, 5.74) is -0.0231. The average molecular weight is 277 g/mol. The first kappa shape index (κ1) is 14.5. The van der Waals surface area contributed by atoms with E-state index >= 15 is 0 Å². The van der Waals surface area contributed by atoms with Crippen molar-refractivity contribution in [2.75, 3.05) is 27.2 Å². The zero-order valence-electron chi connectivity index (χ0n) is 11.9. The van der Waals surface area contributed by atoms with E-state index in [4.69, 9.17) is 5.11 Å². The number of nitrogens with zero attached hydrogens (tertiary/aromatic N) is 3. The Morgan fingerprint density at radius 3 is 2.65 bits per heavy atom. The van der Waals surface area contributed by atoms with E-state index in [1.54, 1.807) is 4.90 Å². The lowest BCUT2D eigenvalue weighted by molar-refractivity contribution is 0.0677. The van der Waals surface area contributed by atoms with Crippen LogP contribution < -0.4 is 0 Å². The highest BCUT2D eigenvalue weighted by Crippen LogP contribution is 2.22. The van der Waals surface area contributed by atoms with E-state index in [-0.39, 0.29) is 23.2 Å². The minimum atomic E-state index is -1.13. The number of hydrogen-bond acceptors (Lipinski definition) is 4. The van der Waals surface area contributed by atoms with Crippen LogP contribution in [-0.4, -0.2) is 65.0 Å². The van der Waals surface area contributed by atoms with Crippen molar-refractivity contribution in [3.8, 4) is 0 Å². The molecule has 2 atom stereocenters. The molecule has 1 aliphatic rings. The van der Waals surface area contributed by atoms with Crippen LogP contribution in [0, 0.1) is 5.92 Å². The molecule has 2 unspecified atom stereocenters. The number of likely N-dealkylation sites (tertiary alicyclic amines) is 1. The maximum Gasteiger partial charge on any atom is 0.338 e. The van der Waals surface area contributed by atoms with Gasteiger partial charge in [0.25, 0.3) is 5.91 Å². The van der Waals surface area contributed by atoms with Crippen molar-refractivity contribution in [1.29, 1.82) is 0 Å². The highest BCUT2D eigenvalue weighted by molar-refractivity contribution is 6.03. The van der Waals surface area contributed by atoms with Gasteiger partial charge in [-0.15, -0.1) is 0 Å². The normalized spacial score (nSPS) is 22.3. The zero-order valence-corrected chi connectivity index (χ0v) is 11.9. The lowest BCUT2D eigenvalue weighted by Gasteiger charge is -2.22. The molecule has 108 valence electrons. The summed E-state index contributed by atoms with van der Waals surface area (Å²) in [5, 5.41) is 9.13. The van der Waals surface area contributed by atoms with Gasteiger partial charge in [-0.05, 0) is 32.1 Å². The fourth-order valence-corrected chi connectivity index (χ4v) is 2.69. The highest BCUT2D eigenvalue weighted by Gasteiger charge is 2.35. The van der Waals surface area contributed by atoms with Crippen molar-refractivity contribution >= 4 is 11.9 Å². The van der Waals surface area contributed by atoms with E-state index in [1.807, 2.05) is 14.1 Å². The molecule has 0 aliphatic carbocycles. The number of aromatic nitrogens is 1. The van der Waals surface area contributed by atoms with Crippen molar-refractivity contribution < 1.29 is 14.7 Å². The van der Waals surface area contributed by atoms with Crippen molar-refractivity contribution in [2.45, 2.75) is 13.0 Å². The van der Waals surface area contributed by atoms with Gasteiger partial charge in [-0.3, -0.25) is 9.78 Å². The summed E-state index contributed by atoms with van der Waals surface area (Å²) in [6.07, 6.45) is 1.45. The molecule has 1 fully saturated rings. The highest BCUT2D eigenvalue weighted by atomic mass is 16.4. The molecular weight excluding hydrogens is 258 g/mol. The third kappa shape index (κ3) is 2.65. The Morgan fingerprint density at radius 2 is 2.10 bits per heavy atom. The first-order chi connectivity index (χ1) is 9.41. The van der Waals surface area contributed by atoms with E-state index in [1.165, 1.54) is 18.3 Å². The molecule has 1 aromatic heterocycles. The summed E-state index contributed by atoms with van der Waals surface area (Å²) in [7, 11) is 3.97. The van der Waals surface area contributed by atoms with Gasteiger partial charge < -0.3 is 14.9 Å². The summed E-state index contributed by atoms with van der Waals surface area (Å²) in [5.74, 6) is -1.08. The number of carbonyl (C=O) groups excluding carboxylic acids is 1. The molecule has 0 radical (unpaired) electrons. The first-order valence-electron chi connectivity index (χ1n) is 6.55. The maximum absolute atomic E-state index is 12.5. The van der Waals surface area contributed by atoms with E-state index in [0.717, 1.165) is 0 Å². The maximum atomic E-state index is 12.5. The summed E-state index contributed by atoms with van der Waals surface area (Å²) in [6, 6.07) is 3.22. The third-order valence-electron chi connectivity index (χ3n) is 3.76. The second-order valence-electron chi connectivity index (χ2n) is 5.42. The van der Waals surface area contributed by atoms with Crippen LogP contribution in [0.1, 0.15) is 27.8 Å². The van der Waals surface area contributed by atoms with Crippen molar-refractivity contribution in [3.05, 3.63) is 29.6 Å². The van der Waals surface area contributed by atoms with Crippen molar-refractivity contribution in [2.24, 2.45) is 5.92 Å². The topological polar surface area (TPSA) is 73.7 Å². The molecule has 0 bridgehead atoms. The van der Waals surface area contributed by atoms with Crippen LogP contribution in [0.2, 0.25) is 0 Å². The fraction of sp³-hybridized carbons (Fsp3) is 0.500. The molecule has 0 saturated carbocycles. The van der Waals surface area contributed by atoms with Crippen LogP contribution in [0.4, 0.5) is 0 Å². The van der Waals surface area contributed by atoms with Crippen molar-refractivity contribution in [1.82, 2.24) is 14.8 Å². The van der Waals surface area contributed by atoms with Crippen LogP contribution >= 0.6 is 0 Å². The Bertz CT molecular complexity index is 530. The zero-order chi connectivity index (χ0) is 14.9. The van der Waals surface area contributed by atoms with E-state index in [2.05, 4.69) is 16.8 Å². The predicted molar refractivity (Wildman–Crippen MR) is 73.7 cm³/mol. The Hall–Kier alpha value is -1.95. The molecule has 6 heteroatoms. The molecule has 1 N–H and O–H groups in total. The fourth-order valence-electron chi connectivity index (χ4n) is 2.69. The molecule has 2 rings (SSSR count). The Balaban J connectivity index is 2.23. The van der Waals surface area contributed by atoms with Crippen LogP contribution in [0.25, 0.3) is 0 Å². The average Bonchev–Trinajstić information content (AvgIpc) is 2.80. The number of carboxylic acid groups (broad SMARTS) is 1. The smallest absolute Gasteiger partial charge is 0.338 e. The molecule has 6 nitrogen and oxygen atoms in total. The van der Waals surface area contributed by atoms with Gasteiger partial charge >= 0.3 is 5.97 Å². The number of aromatic carboxylic acids is 1. The lowest BCUT2D eigenvalue weighted by Crippen LogP contribution is -2.36. The molecule has 1 aliphatic heterocycles. The summed E-state index contributed by atoms with van der Waals surface area (Å²) in [6.45, 7) is 3.31. The number of carbonyl (C=O) groups is 2. The molecule has 1 aromatic rings. The molecule has 0 aromatic carbocycles. The second-order valence-corrected chi connectivity index (χ2v) is 5.42. The van der Waals surface area contributed by atoms with Gasteiger partial charge in [0.05, 0.1) is 5.56 Å². The Labute approximate surface area is 118 Å². The molecule has 1 amide bonds. The monoisotopic (exact) mass is 277 g/mol. The van der Waals surface area contributed by atoms with Crippen LogP contribution in [0.15, 0.2) is 18.3 Å². The summed E-state index contributed by atoms with van der Waals surface area (Å²) >= 11 is 0. The molecule has 0 spiro atoms. The van der Waals surface area contributed by atoms with E-state index < -0.39 is 5.97 Å². The number of hydrogen-bond donors (Lipinski definition) is 1. The third-order valence-corrected chi connectivity index (χ3v) is 3.76. The minimum Gasteiger partial charge on any atom is -0.478 e. The van der Waals surface area contributed by atoms with Gasteiger partial charge in [-0.1, -0.05) is 6.92 Å². The lowest BCUT2D eigenvalue weighted by atomic mass is 10.1. The van der Waals surface area contributed by atoms with Crippen LogP contribution in [0.5, 0.6) is 0 Å². The number of pyridine rings is 1. The van der Waals surface area contributed by atoms with Crippen LogP contribution in [-0.2, 0) is 0 Å². The molecule has 20 heavy (non-hydrogen) atoms. The number of likely N-dealkylation sites (N-methyl/N-ethyl adjacent to an activating group) is 1. The van der Waals surface area contributed by atoms with Gasteiger partial charge in [0.15, 0.2) is 0 Å². The SMILES string of the molecule is CC1CN(C(=O)c2ncccc2C(=O)O)CC1N(C)C. The first-order valence-corrected chi connectivity index (χ1v) is 6.55. The molecule has 2 heterocycles. The van der Waals surface area contributed by atoms with Crippen molar-refractivity contribution in [3.63, 3.8) is 0 Å². The largest absolute Gasteiger partial charge is 0.478 e. The number of rotatable bonds is 3. The van der Waals surface area contributed by atoms with Gasteiger partial charge in [-0.2, -0.15) is 0 Å². The second kappa shape index (κ2) is 5.58. The van der Waals surface area contributed by atoms with Gasteiger partial charge in [-0.25, -0.2) is 4.79 Å². The number of carboxylic acids is 1. The van der Waals surface area contributed by atoms with E-state index in [9.17, 15) is 9.59 Å². The van der Waals surface area contributed by atoms with Gasteiger partial charge in [0.2, 0.25) is 0 Å². The Kier molecular flexibility index (Phi) is 4.04. The van der Waals surface area contributed by atoms with Crippen LogP contribution in [0.3, 0.4) is 0 Å². The standard InChI is InChI=1S/C14H19N3O3/c1-9-7-17(8-11(9)16(2)3)13(18)12-10(14(19)20)5-4-6-15-12/h4-6,9,11H,7-8H2,1-3H3,(H,19,20). The molecular formula is C14H19N3O3.